The molecule has 2 aliphatic rings. The first-order valence-corrected chi connectivity index (χ1v) is 7.86. The molecule has 1 aromatic carbocycles. The highest BCUT2D eigenvalue weighted by atomic mass is 32.1. The van der Waals surface area contributed by atoms with Crippen LogP contribution in [0.1, 0.15) is 28.3 Å². The van der Waals surface area contributed by atoms with Gasteiger partial charge in [0.05, 0.1) is 11.6 Å². The molecule has 2 aliphatic carbocycles. The van der Waals surface area contributed by atoms with Gasteiger partial charge in [-0.3, -0.25) is 4.98 Å². The van der Waals surface area contributed by atoms with Crippen LogP contribution in [0.15, 0.2) is 36.0 Å². The molecule has 4 atom stereocenters. The first-order chi connectivity index (χ1) is 9.34. The highest BCUT2D eigenvalue weighted by molar-refractivity contribution is 7.09. The van der Waals surface area contributed by atoms with Gasteiger partial charge in [0.2, 0.25) is 0 Å². The van der Waals surface area contributed by atoms with Gasteiger partial charge < -0.3 is 5.11 Å². The van der Waals surface area contributed by atoms with Gasteiger partial charge in [-0.25, -0.2) is 0 Å². The topological polar surface area (TPSA) is 33.1 Å². The standard InChI is InChI=1S/C16H17NOS/c18-14(7-11-8-17-9-19-11)16-13-6-5-10-3-1-2-4-12(10)15(13)16/h1-4,8-9,13-16,18H,5-7H2. The number of aliphatic hydroxyl groups is 1. The van der Waals surface area contributed by atoms with E-state index in [9.17, 15) is 5.11 Å². The SMILES string of the molecule is OC(Cc1cncs1)C1C2CCc3ccccc3C21. The maximum Gasteiger partial charge on any atom is 0.0794 e. The van der Waals surface area contributed by atoms with E-state index in [2.05, 4.69) is 29.2 Å². The quantitative estimate of drug-likeness (QED) is 0.931. The van der Waals surface area contributed by atoms with E-state index in [4.69, 9.17) is 0 Å². The third-order valence-corrected chi connectivity index (χ3v) is 5.53. The molecule has 1 saturated carbocycles. The molecule has 1 heterocycles. The molecule has 2 aromatic rings. The number of aliphatic hydroxyl groups excluding tert-OH is 1. The summed E-state index contributed by atoms with van der Waals surface area (Å²) in [6.07, 6.45) is 4.87. The molecule has 1 aromatic heterocycles. The van der Waals surface area contributed by atoms with E-state index in [0.29, 0.717) is 17.8 Å². The smallest absolute Gasteiger partial charge is 0.0794 e. The molecule has 3 heteroatoms. The zero-order valence-electron chi connectivity index (χ0n) is 10.7. The molecule has 0 spiro atoms. The van der Waals surface area contributed by atoms with Crippen LogP contribution in [-0.4, -0.2) is 16.2 Å². The van der Waals surface area contributed by atoms with Gasteiger partial charge in [0.25, 0.3) is 0 Å². The van der Waals surface area contributed by atoms with Crippen molar-refractivity contribution in [2.24, 2.45) is 11.8 Å². The largest absolute Gasteiger partial charge is 0.392 e. The van der Waals surface area contributed by atoms with Crippen molar-refractivity contribution in [3.05, 3.63) is 52.0 Å². The number of nitrogens with zero attached hydrogens (tertiary/aromatic N) is 1. The van der Waals surface area contributed by atoms with Crippen molar-refractivity contribution in [2.45, 2.75) is 31.3 Å². The van der Waals surface area contributed by atoms with Gasteiger partial charge in [0, 0.05) is 17.5 Å². The fraction of sp³-hybridized carbons (Fsp3) is 0.438. The fourth-order valence-corrected chi connectivity index (χ4v) is 4.48. The Labute approximate surface area is 117 Å². The van der Waals surface area contributed by atoms with Crippen LogP contribution >= 0.6 is 11.3 Å². The van der Waals surface area contributed by atoms with Gasteiger partial charge in [-0.05, 0) is 41.7 Å². The number of fused-ring (bicyclic) bond motifs is 3. The van der Waals surface area contributed by atoms with Crippen molar-refractivity contribution in [1.82, 2.24) is 4.98 Å². The minimum Gasteiger partial charge on any atom is -0.392 e. The summed E-state index contributed by atoms with van der Waals surface area (Å²) in [4.78, 5) is 5.29. The summed E-state index contributed by atoms with van der Waals surface area (Å²) in [7, 11) is 0. The maximum atomic E-state index is 10.5. The number of benzene rings is 1. The summed E-state index contributed by atoms with van der Waals surface area (Å²) in [6.45, 7) is 0. The zero-order valence-corrected chi connectivity index (χ0v) is 11.5. The third kappa shape index (κ3) is 1.92. The van der Waals surface area contributed by atoms with E-state index in [-0.39, 0.29) is 6.10 Å². The Morgan fingerprint density at radius 2 is 2.26 bits per heavy atom. The second kappa shape index (κ2) is 4.43. The van der Waals surface area contributed by atoms with Gasteiger partial charge in [-0.1, -0.05) is 24.3 Å². The number of hydrogen-bond donors (Lipinski definition) is 1. The molecule has 1 N–H and O–H groups in total. The lowest BCUT2D eigenvalue weighted by Crippen LogP contribution is -2.14. The third-order valence-electron chi connectivity index (χ3n) is 4.73. The summed E-state index contributed by atoms with van der Waals surface area (Å²) in [6, 6.07) is 8.76. The Morgan fingerprint density at radius 3 is 3.11 bits per heavy atom. The zero-order chi connectivity index (χ0) is 12.8. The van der Waals surface area contributed by atoms with E-state index in [0.717, 1.165) is 6.42 Å². The summed E-state index contributed by atoms with van der Waals surface area (Å²) >= 11 is 1.64. The lowest BCUT2D eigenvalue weighted by Gasteiger charge is -2.13. The van der Waals surface area contributed by atoms with Crippen LogP contribution in [-0.2, 0) is 12.8 Å². The molecule has 19 heavy (non-hydrogen) atoms. The van der Waals surface area contributed by atoms with Crippen molar-refractivity contribution in [2.75, 3.05) is 0 Å². The number of rotatable bonds is 3. The predicted molar refractivity (Wildman–Crippen MR) is 76.3 cm³/mol. The maximum absolute atomic E-state index is 10.5. The van der Waals surface area contributed by atoms with Gasteiger partial charge >= 0.3 is 0 Å². The monoisotopic (exact) mass is 271 g/mol. The van der Waals surface area contributed by atoms with E-state index in [1.165, 1.54) is 28.8 Å². The highest BCUT2D eigenvalue weighted by Gasteiger charge is 2.55. The lowest BCUT2D eigenvalue weighted by molar-refractivity contribution is 0.144. The van der Waals surface area contributed by atoms with Gasteiger partial charge in [0.1, 0.15) is 0 Å². The normalized spacial score (nSPS) is 29.4. The minimum absolute atomic E-state index is 0.207. The van der Waals surface area contributed by atoms with Gasteiger partial charge in [0.15, 0.2) is 0 Å². The Kier molecular flexibility index (Phi) is 2.71. The van der Waals surface area contributed by atoms with E-state index >= 15 is 0 Å². The van der Waals surface area contributed by atoms with Crippen LogP contribution in [0.5, 0.6) is 0 Å². The van der Waals surface area contributed by atoms with Crippen molar-refractivity contribution >= 4 is 11.3 Å². The first kappa shape index (κ1) is 11.6. The van der Waals surface area contributed by atoms with Crippen molar-refractivity contribution in [3.63, 3.8) is 0 Å². The summed E-state index contributed by atoms with van der Waals surface area (Å²) in [5, 5.41) is 10.5. The average Bonchev–Trinajstić information content (AvgIpc) is 2.98. The second-order valence-electron chi connectivity index (χ2n) is 5.74. The molecule has 0 saturated heterocycles. The molecule has 0 amide bonds. The number of hydrogen-bond acceptors (Lipinski definition) is 3. The van der Waals surface area contributed by atoms with Crippen molar-refractivity contribution in [1.29, 1.82) is 0 Å². The van der Waals surface area contributed by atoms with Crippen LogP contribution in [0.25, 0.3) is 0 Å². The second-order valence-corrected chi connectivity index (χ2v) is 6.71. The molecule has 4 unspecified atom stereocenters. The predicted octanol–water partition coefficient (Wildman–Crippen LogP) is 3.02. The highest BCUT2D eigenvalue weighted by Crippen LogP contribution is 2.61. The Bertz CT molecular complexity index is 580. The molecule has 0 aliphatic heterocycles. The Morgan fingerprint density at radius 1 is 1.37 bits per heavy atom. The van der Waals surface area contributed by atoms with Crippen LogP contribution in [0.3, 0.4) is 0 Å². The van der Waals surface area contributed by atoms with Gasteiger partial charge in [-0.2, -0.15) is 0 Å². The molecule has 4 rings (SSSR count). The van der Waals surface area contributed by atoms with Gasteiger partial charge in [-0.15, -0.1) is 11.3 Å². The van der Waals surface area contributed by atoms with E-state index in [1.54, 1.807) is 11.3 Å². The van der Waals surface area contributed by atoms with Crippen LogP contribution < -0.4 is 0 Å². The van der Waals surface area contributed by atoms with Crippen LogP contribution in [0.4, 0.5) is 0 Å². The molecular weight excluding hydrogens is 254 g/mol. The summed E-state index contributed by atoms with van der Waals surface area (Å²) < 4.78 is 0. The molecule has 98 valence electrons. The van der Waals surface area contributed by atoms with Crippen LogP contribution in [0.2, 0.25) is 0 Å². The number of thiazole rings is 1. The lowest BCUT2D eigenvalue weighted by atomic mass is 9.92. The average molecular weight is 271 g/mol. The first-order valence-electron chi connectivity index (χ1n) is 6.98. The van der Waals surface area contributed by atoms with Crippen LogP contribution in [0, 0.1) is 11.8 Å². The molecule has 0 bridgehead atoms. The molecule has 1 fully saturated rings. The van der Waals surface area contributed by atoms with E-state index < -0.39 is 0 Å². The molecule has 0 radical (unpaired) electrons. The van der Waals surface area contributed by atoms with E-state index in [1.807, 2.05) is 11.7 Å². The molecule has 2 nitrogen and oxygen atoms in total. The number of aromatic nitrogens is 1. The van der Waals surface area contributed by atoms with Crippen molar-refractivity contribution in [3.8, 4) is 0 Å². The Hall–Kier alpha value is -1.19. The van der Waals surface area contributed by atoms with Crippen molar-refractivity contribution < 1.29 is 5.11 Å². The Balaban J connectivity index is 1.54. The summed E-state index contributed by atoms with van der Waals surface area (Å²) in [5.41, 5.74) is 4.83. The summed E-state index contributed by atoms with van der Waals surface area (Å²) in [5.74, 6) is 1.77. The number of aryl methyl sites for hydroxylation is 1. The molecular formula is C16H17NOS. The minimum atomic E-state index is -0.207. The fourth-order valence-electron chi connectivity index (χ4n) is 3.83.